The van der Waals surface area contributed by atoms with Crippen LogP contribution in [0.3, 0.4) is 0 Å². The maximum Gasteiger partial charge on any atom is 0.0726 e. The van der Waals surface area contributed by atoms with E-state index >= 15 is 0 Å². The summed E-state index contributed by atoms with van der Waals surface area (Å²) in [5, 5.41) is 4.96. The van der Waals surface area contributed by atoms with Gasteiger partial charge in [-0.1, -0.05) is 188 Å². The molecule has 0 aliphatic heterocycles. The van der Waals surface area contributed by atoms with Crippen molar-refractivity contribution in [2.45, 2.75) is 5.41 Å². The molecule has 3 nitrogen and oxygen atoms in total. The largest absolute Gasteiger partial charge is 0.310 e. The molecule has 0 radical (unpaired) electrons. The quantitative estimate of drug-likeness (QED) is 0.162. The van der Waals surface area contributed by atoms with Gasteiger partial charge in [0.05, 0.1) is 27.5 Å². The number of rotatable bonds is 6. The first kappa shape index (κ1) is 38.9. The average Bonchev–Trinajstić information content (AvgIpc) is 4.14. The van der Waals surface area contributed by atoms with Crippen LogP contribution in [0.1, 0.15) is 22.3 Å². The summed E-state index contributed by atoms with van der Waals surface area (Å²) in [4.78, 5) is 2.42. The third-order valence-corrected chi connectivity index (χ3v) is 15.3. The predicted octanol–water partition coefficient (Wildman–Crippen LogP) is 17.4. The summed E-state index contributed by atoms with van der Waals surface area (Å²) in [6.45, 7) is 0. The zero-order valence-corrected chi connectivity index (χ0v) is 38.2. The molecule has 326 valence electrons. The van der Waals surface area contributed by atoms with Crippen molar-refractivity contribution in [2.24, 2.45) is 0 Å². The lowest BCUT2D eigenvalue weighted by Gasteiger charge is -2.31. The molecule has 2 aromatic heterocycles. The van der Waals surface area contributed by atoms with E-state index in [0.29, 0.717) is 0 Å². The van der Waals surface area contributed by atoms with E-state index in [1.165, 1.54) is 99.2 Å². The van der Waals surface area contributed by atoms with Crippen LogP contribution in [0.25, 0.3) is 88.4 Å². The molecule has 0 saturated carbocycles. The van der Waals surface area contributed by atoms with E-state index in [-0.39, 0.29) is 0 Å². The number of hydrogen-bond acceptors (Lipinski definition) is 1. The molecule has 13 aromatic rings. The van der Waals surface area contributed by atoms with Gasteiger partial charge in [-0.25, -0.2) is 0 Å². The molecule has 1 spiro atoms. The fraction of sp³-hybridized carbons (Fsp3) is 0.0149. The lowest BCUT2D eigenvalue weighted by atomic mass is 9.70. The van der Waals surface area contributed by atoms with E-state index in [1.807, 2.05) is 0 Å². The van der Waals surface area contributed by atoms with Crippen molar-refractivity contribution in [2.75, 3.05) is 4.90 Å². The summed E-state index contributed by atoms with van der Waals surface area (Å²) in [5.41, 5.74) is 22.6. The Kier molecular flexibility index (Phi) is 8.28. The number of aromatic nitrogens is 2. The minimum atomic E-state index is -0.546. The second-order valence-electron chi connectivity index (χ2n) is 18.8. The molecule has 3 heteroatoms. The van der Waals surface area contributed by atoms with Crippen LogP contribution in [0.4, 0.5) is 17.1 Å². The Bertz CT molecular complexity index is 4160. The molecule has 0 N–H and O–H groups in total. The van der Waals surface area contributed by atoms with Crippen molar-refractivity contribution in [3.63, 3.8) is 0 Å². The molecule has 11 aromatic carbocycles. The van der Waals surface area contributed by atoms with Gasteiger partial charge in [0.2, 0.25) is 0 Å². The molecule has 15 rings (SSSR count). The van der Waals surface area contributed by atoms with Crippen LogP contribution < -0.4 is 4.90 Å². The van der Waals surface area contributed by atoms with Gasteiger partial charge in [-0.3, -0.25) is 0 Å². The van der Waals surface area contributed by atoms with E-state index in [2.05, 4.69) is 275 Å². The molecule has 0 amide bonds. The van der Waals surface area contributed by atoms with Gasteiger partial charge < -0.3 is 14.0 Å². The van der Waals surface area contributed by atoms with Crippen LogP contribution in [0.2, 0.25) is 0 Å². The monoisotopic (exact) mass is 889 g/mol. The number of para-hydroxylation sites is 4. The third kappa shape index (κ3) is 5.29. The van der Waals surface area contributed by atoms with Gasteiger partial charge in [-0.15, -0.1) is 0 Å². The molecular formula is C67H43N3. The van der Waals surface area contributed by atoms with E-state index < -0.39 is 5.41 Å². The molecule has 0 atom stereocenters. The minimum absolute atomic E-state index is 0.546. The van der Waals surface area contributed by atoms with Crippen molar-refractivity contribution >= 4 is 60.7 Å². The van der Waals surface area contributed by atoms with Crippen molar-refractivity contribution in [1.82, 2.24) is 9.13 Å². The van der Waals surface area contributed by atoms with Crippen LogP contribution in [0.5, 0.6) is 0 Å². The Morgan fingerprint density at radius 3 is 1.50 bits per heavy atom. The highest BCUT2D eigenvalue weighted by Gasteiger charge is 2.52. The molecule has 2 heterocycles. The van der Waals surface area contributed by atoms with Gasteiger partial charge in [0.1, 0.15) is 0 Å². The lowest BCUT2D eigenvalue weighted by Crippen LogP contribution is -2.25. The Hall–Kier alpha value is -9.18. The number of benzene rings is 11. The van der Waals surface area contributed by atoms with Crippen LogP contribution >= 0.6 is 0 Å². The summed E-state index contributed by atoms with van der Waals surface area (Å²) in [6.07, 6.45) is 0. The van der Waals surface area contributed by atoms with Crippen LogP contribution in [0, 0.1) is 0 Å². The van der Waals surface area contributed by atoms with E-state index in [0.717, 1.165) is 28.4 Å². The fourth-order valence-electron chi connectivity index (χ4n) is 12.5. The summed E-state index contributed by atoms with van der Waals surface area (Å²) in [6, 6.07) is 96.5. The van der Waals surface area contributed by atoms with Crippen LogP contribution in [0.15, 0.2) is 261 Å². The number of fused-ring (bicyclic) bond motifs is 18. The number of anilines is 3. The van der Waals surface area contributed by atoms with Gasteiger partial charge in [0, 0.05) is 55.5 Å². The van der Waals surface area contributed by atoms with Gasteiger partial charge >= 0.3 is 0 Å². The third-order valence-electron chi connectivity index (χ3n) is 15.3. The zero-order valence-electron chi connectivity index (χ0n) is 38.2. The van der Waals surface area contributed by atoms with Crippen molar-refractivity contribution in [1.29, 1.82) is 0 Å². The first-order valence-electron chi connectivity index (χ1n) is 24.3. The summed E-state index contributed by atoms with van der Waals surface area (Å²) < 4.78 is 5.04. The van der Waals surface area contributed by atoms with Crippen molar-refractivity contribution < 1.29 is 0 Å². The smallest absolute Gasteiger partial charge is 0.0726 e. The fourth-order valence-corrected chi connectivity index (χ4v) is 12.5. The van der Waals surface area contributed by atoms with Gasteiger partial charge in [-0.2, -0.15) is 0 Å². The summed E-state index contributed by atoms with van der Waals surface area (Å²) in [5.74, 6) is 0. The summed E-state index contributed by atoms with van der Waals surface area (Å²) in [7, 11) is 0. The molecule has 2 aliphatic rings. The maximum atomic E-state index is 2.60. The molecule has 0 bridgehead atoms. The Morgan fingerprint density at radius 2 is 0.800 bits per heavy atom. The molecule has 70 heavy (non-hydrogen) atoms. The van der Waals surface area contributed by atoms with E-state index in [4.69, 9.17) is 0 Å². The van der Waals surface area contributed by atoms with E-state index in [1.54, 1.807) is 0 Å². The van der Waals surface area contributed by atoms with Gasteiger partial charge in [0.25, 0.3) is 0 Å². The Morgan fingerprint density at radius 1 is 0.300 bits per heavy atom. The normalized spacial score (nSPS) is 13.0. The number of nitrogens with zero attached hydrogens (tertiary/aromatic N) is 3. The average molecular weight is 890 g/mol. The standard InChI is InChI=1S/C67H43N3/c1-5-19-44(20-6-1)45-33-35-49(36-34-45)68(46-21-7-2-8-22-46)50-37-40-59-56(43-50)63-60(67(59)57-30-16-13-27-51(57)52-28-14-17-31-58(52)67)41-38-53-54-39-42-62-64(66(54)70(65(53)63)48-25-11-4-12-26-48)55-29-15-18-32-61(55)69(62)47-23-9-3-10-24-47/h1-43H. The molecular weight excluding hydrogens is 847 g/mol. The second-order valence-corrected chi connectivity index (χ2v) is 18.8. The molecule has 0 unspecified atom stereocenters. The predicted molar refractivity (Wildman–Crippen MR) is 292 cm³/mol. The summed E-state index contributed by atoms with van der Waals surface area (Å²) >= 11 is 0. The molecule has 0 fully saturated rings. The van der Waals surface area contributed by atoms with Gasteiger partial charge in [0.15, 0.2) is 0 Å². The second kappa shape index (κ2) is 14.9. The zero-order chi connectivity index (χ0) is 45.9. The highest BCUT2D eigenvalue weighted by atomic mass is 15.1. The topological polar surface area (TPSA) is 13.1 Å². The van der Waals surface area contributed by atoms with E-state index in [9.17, 15) is 0 Å². The Balaban J connectivity index is 1.09. The first-order chi connectivity index (χ1) is 34.8. The first-order valence-corrected chi connectivity index (χ1v) is 24.3. The van der Waals surface area contributed by atoms with Crippen LogP contribution in [-0.4, -0.2) is 9.13 Å². The minimum Gasteiger partial charge on any atom is -0.310 e. The highest BCUT2D eigenvalue weighted by molar-refractivity contribution is 6.28. The van der Waals surface area contributed by atoms with Crippen molar-refractivity contribution in [3.05, 3.63) is 283 Å². The number of hydrogen-bond donors (Lipinski definition) is 0. The lowest BCUT2D eigenvalue weighted by molar-refractivity contribution is 0.794. The molecule has 0 saturated heterocycles. The van der Waals surface area contributed by atoms with Gasteiger partial charge in [-0.05, 0) is 123 Å². The highest BCUT2D eigenvalue weighted by Crippen LogP contribution is 2.65. The molecule has 2 aliphatic carbocycles. The Labute approximate surface area is 406 Å². The van der Waals surface area contributed by atoms with Crippen LogP contribution in [-0.2, 0) is 5.41 Å². The maximum absolute atomic E-state index is 2.60. The SMILES string of the molecule is c1ccc(-c2ccc(N(c3ccccc3)c3ccc4c(c3)-c3c(ccc5c6ccc7c(c8ccccc8n7-c7ccccc7)c6n(-c6ccccc6)c35)C43c4ccccc4-c4ccccc43)cc2)cc1. The van der Waals surface area contributed by atoms with Crippen molar-refractivity contribution in [3.8, 4) is 44.8 Å².